The van der Waals surface area contributed by atoms with Gasteiger partial charge in [0, 0.05) is 19.1 Å². The first-order chi connectivity index (χ1) is 10.2. The minimum atomic E-state index is -4.61. The number of hydrogen-bond donors (Lipinski definition) is 1. The standard InChI is InChI=1S/C15H18F4N2O/c1-9(20)10-3-2-6-21(8-10)14(22)12-7-11(15(17,18)19)4-5-13(12)16/h4-5,7,9-10H,2-3,6,8,20H2,1H3/t9-,10-/m0/s1. The van der Waals surface area contributed by atoms with Crippen LogP contribution in [0, 0.1) is 11.7 Å². The van der Waals surface area contributed by atoms with Gasteiger partial charge in [0.2, 0.25) is 0 Å². The molecule has 1 aromatic carbocycles. The van der Waals surface area contributed by atoms with E-state index in [2.05, 4.69) is 0 Å². The Morgan fingerprint density at radius 2 is 2.09 bits per heavy atom. The van der Waals surface area contributed by atoms with Crippen molar-refractivity contribution in [3.63, 3.8) is 0 Å². The number of amides is 1. The summed E-state index contributed by atoms with van der Waals surface area (Å²) < 4.78 is 51.9. The van der Waals surface area contributed by atoms with Crippen molar-refractivity contribution in [2.75, 3.05) is 13.1 Å². The van der Waals surface area contributed by atoms with Crippen LogP contribution in [0.5, 0.6) is 0 Å². The van der Waals surface area contributed by atoms with Crippen molar-refractivity contribution in [1.82, 2.24) is 4.90 Å². The highest BCUT2D eigenvalue weighted by atomic mass is 19.4. The number of rotatable bonds is 2. The van der Waals surface area contributed by atoms with Gasteiger partial charge in [-0.1, -0.05) is 0 Å². The maximum Gasteiger partial charge on any atom is 0.416 e. The van der Waals surface area contributed by atoms with E-state index in [-0.39, 0.29) is 12.0 Å². The van der Waals surface area contributed by atoms with Crippen LogP contribution in [-0.4, -0.2) is 29.9 Å². The van der Waals surface area contributed by atoms with Gasteiger partial charge in [-0.15, -0.1) is 0 Å². The van der Waals surface area contributed by atoms with E-state index < -0.39 is 29.0 Å². The molecule has 1 fully saturated rings. The number of likely N-dealkylation sites (tertiary alicyclic amines) is 1. The number of benzene rings is 1. The Kier molecular flexibility index (Phi) is 4.75. The molecular weight excluding hydrogens is 300 g/mol. The van der Waals surface area contributed by atoms with Crippen molar-refractivity contribution >= 4 is 5.91 Å². The molecule has 0 unspecified atom stereocenters. The zero-order chi connectivity index (χ0) is 16.5. The average molecular weight is 318 g/mol. The number of halogens is 4. The van der Waals surface area contributed by atoms with Crippen LogP contribution in [0.1, 0.15) is 35.7 Å². The molecule has 0 aromatic heterocycles. The van der Waals surface area contributed by atoms with Gasteiger partial charge in [-0.2, -0.15) is 13.2 Å². The maximum atomic E-state index is 13.8. The SMILES string of the molecule is C[C@H](N)[C@H]1CCCN(C(=O)c2cc(C(F)(F)F)ccc2F)C1. The van der Waals surface area contributed by atoms with E-state index in [4.69, 9.17) is 5.73 Å². The summed E-state index contributed by atoms with van der Waals surface area (Å²) in [6.07, 6.45) is -3.05. The summed E-state index contributed by atoms with van der Waals surface area (Å²) in [5.74, 6) is -1.58. The molecule has 0 aliphatic carbocycles. The van der Waals surface area contributed by atoms with E-state index in [1.807, 2.05) is 6.92 Å². The fourth-order valence-corrected chi connectivity index (χ4v) is 2.66. The summed E-state index contributed by atoms with van der Waals surface area (Å²) in [6, 6.07) is 1.77. The van der Waals surface area contributed by atoms with Gasteiger partial charge in [0.1, 0.15) is 5.82 Å². The number of nitrogens with zero attached hydrogens (tertiary/aromatic N) is 1. The highest BCUT2D eigenvalue weighted by Crippen LogP contribution is 2.31. The Morgan fingerprint density at radius 3 is 2.68 bits per heavy atom. The molecule has 1 amide bonds. The first-order valence-electron chi connectivity index (χ1n) is 7.11. The van der Waals surface area contributed by atoms with Crippen LogP contribution in [0.2, 0.25) is 0 Å². The molecule has 1 aliphatic heterocycles. The molecule has 1 aliphatic rings. The fourth-order valence-electron chi connectivity index (χ4n) is 2.66. The normalized spacial score (nSPS) is 20.8. The Bertz CT molecular complexity index is 557. The van der Waals surface area contributed by atoms with Crippen LogP contribution in [0.25, 0.3) is 0 Å². The lowest BCUT2D eigenvalue weighted by Gasteiger charge is -2.34. The summed E-state index contributed by atoms with van der Waals surface area (Å²) in [5.41, 5.74) is 4.25. The number of alkyl halides is 3. The second kappa shape index (κ2) is 6.24. The van der Waals surface area contributed by atoms with Crippen LogP contribution < -0.4 is 5.73 Å². The molecule has 3 nitrogen and oxygen atoms in total. The molecule has 22 heavy (non-hydrogen) atoms. The highest BCUT2D eigenvalue weighted by Gasteiger charge is 2.33. The zero-order valence-electron chi connectivity index (χ0n) is 12.2. The van der Waals surface area contributed by atoms with Gasteiger partial charge < -0.3 is 10.6 Å². The summed E-state index contributed by atoms with van der Waals surface area (Å²) in [4.78, 5) is 13.7. The van der Waals surface area contributed by atoms with Crippen LogP contribution in [0.3, 0.4) is 0 Å². The molecule has 7 heteroatoms. The van der Waals surface area contributed by atoms with Crippen molar-refractivity contribution in [1.29, 1.82) is 0 Å². The summed E-state index contributed by atoms with van der Waals surface area (Å²) in [5, 5.41) is 0. The van der Waals surface area contributed by atoms with Crippen molar-refractivity contribution in [3.05, 3.63) is 35.1 Å². The van der Waals surface area contributed by atoms with E-state index in [1.54, 1.807) is 0 Å². The van der Waals surface area contributed by atoms with E-state index in [0.29, 0.717) is 37.7 Å². The first kappa shape index (κ1) is 16.7. The number of nitrogens with two attached hydrogens (primary N) is 1. The summed E-state index contributed by atoms with van der Waals surface area (Å²) >= 11 is 0. The van der Waals surface area contributed by atoms with Crippen LogP contribution in [-0.2, 0) is 6.18 Å². The largest absolute Gasteiger partial charge is 0.416 e. The van der Waals surface area contributed by atoms with Gasteiger partial charge in [-0.3, -0.25) is 4.79 Å². The molecule has 1 saturated heterocycles. The quantitative estimate of drug-likeness (QED) is 0.852. The number of carbonyl (C=O) groups excluding carboxylic acids is 1. The molecule has 1 heterocycles. The summed E-state index contributed by atoms with van der Waals surface area (Å²) in [7, 11) is 0. The molecule has 0 saturated carbocycles. The molecule has 0 bridgehead atoms. The molecule has 1 aromatic rings. The Hall–Kier alpha value is -1.63. The van der Waals surface area contributed by atoms with Gasteiger partial charge >= 0.3 is 6.18 Å². The Morgan fingerprint density at radius 1 is 1.41 bits per heavy atom. The molecule has 2 atom stereocenters. The van der Waals surface area contributed by atoms with Crippen molar-refractivity contribution in [2.45, 2.75) is 32.0 Å². The molecule has 2 rings (SSSR count). The van der Waals surface area contributed by atoms with E-state index in [0.717, 1.165) is 6.42 Å². The van der Waals surface area contributed by atoms with E-state index in [1.165, 1.54) is 4.90 Å². The number of piperidine rings is 1. The Labute approximate surface area is 126 Å². The lowest BCUT2D eigenvalue weighted by atomic mass is 9.91. The van der Waals surface area contributed by atoms with Crippen LogP contribution in [0.15, 0.2) is 18.2 Å². The number of carbonyl (C=O) groups is 1. The predicted octanol–water partition coefficient (Wildman–Crippen LogP) is 3.04. The Balaban J connectivity index is 2.25. The van der Waals surface area contributed by atoms with Gasteiger partial charge in [-0.05, 0) is 43.9 Å². The molecule has 0 spiro atoms. The highest BCUT2D eigenvalue weighted by molar-refractivity contribution is 5.94. The van der Waals surface area contributed by atoms with Gasteiger partial charge in [-0.25, -0.2) is 4.39 Å². The van der Waals surface area contributed by atoms with Crippen molar-refractivity contribution < 1.29 is 22.4 Å². The predicted molar refractivity (Wildman–Crippen MR) is 73.7 cm³/mol. The van der Waals surface area contributed by atoms with Gasteiger partial charge in [0.15, 0.2) is 0 Å². The maximum absolute atomic E-state index is 13.8. The first-order valence-corrected chi connectivity index (χ1v) is 7.11. The van der Waals surface area contributed by atoms with Crippen LogP contribution >= 0.6 is 0 Å². The third-order valence-corrected chi connectivity index (χ3v) is 4.01. The van der Waals surface area contributed by atoms with Gasteiger partial charge in [0.05, 0.1) is 11.1 Å². The molecule has 2 N–H and O–H groups in total. The lowest BCUT2D eigenvalue weighted by molar-refractivity contribution is -0.137. The van der Waals surface area contributed by atoms with Crippen molar-refractivity contribution in [3.8, 4) is 0 Å². The van der Waals surface area contributed by atoms with Crippen molar-refractivity contribution in [2.24, 2.45) is 11.7 Å². The second-order valence-corrected chi connectivity index (χ2v) is 5.70. The van der Waals surface area contributed by atoms with Gasteiger partial charge in [0.25, 0.3) is 5.91 Å². The topological polar surface area (TPSA) is 46.3 Å². The third-order valence-electron chi connectivity index (χ3n) is 4.01. The fraction of sp³-hybridized carbons (Fsp3) is 0.533. The van der Waals surface area contributed by atoms with Crippen LogP contribution in [0.4, 0.5) is 17.6 Å². The smallest absolute Gasteiger partial charge is 0.338 e. The zero-order valence-corrected chi connectivity index (χ0v) is 12.2. The van der Waals surface area contributed by atoms with E-state index in [9.17, 15) is 22.4 Å². The molecule has 122 valence electrons. The third kappa shape index (κ3) is 3.58. The minimum absolute atomic E-state index is 0.0755. The minimum Gasteiger partial charge on any atom is -0.338 e. The van der Waals surface area contributed by atoms with E-state index >= 15 is 0 Å². The number of hydrogen-bond acceptors (Lipinski definition) is 2. The second-order valence-electron chi connectivity index (χ2n) is 5.70. The monoisotopic (exact) mass is 318 g/mol. The molecular formula is C15H18F4N2O. The molecule has 0 radical (unpaired) electrons. The summed E-state index contributed by atoms with van der Waals surface area (Å²) in [6.45, 7) is 2.56. The average Bonchev–Trinajstić information content (AvgIpc) is 2.46. The lowest BCUT2D eigenvalue weighted by Crippen LogP contribution is -2.45.